The second-order valence-corrected chi connectivity index (χ2v) is 19.4. The Morgan fingerprint density at radius 3 is 1.59 bits per heavy atom. The van der Waals surface area contributed by atoms with Gasteiger partial charge < -0.3 is 9.47 Å². The molecule has 66 heavy (non-hydrogen) atoms. The van der Waals surface area contributed by atoms with E-state index in [0.717, 1.165) is 17.1 Å². The van der Waals surface area contributed by atoms with E-state index in [1.807, 2.05) is 0 Å². The quantitative estimate of drug-likeness (QED) is 0.162. The highest BCUT2D eigenvalue weighted by Crippen LogP contribution is 2.54. The fraction of sp³-hybridized carbons (Fsp3) is 0.0938. The Balaban J connectivity index is 0.900. The molecule has 0 saturated carbocycles. The Labute approximate surface area is 386 Å². The van der Waals surface area contributed by atoms with Crippen molar-refractivity contribution in [3.05, 3.63) is 241 Å². The van der Waals surface area contributed by atoms with E-state index in [9.17, 15) is 0 Å². The lowest BCUT2D eigenvalue weighted by Crippen LogP contribution is -2.18. The molecule has 1 aromatic heterocycles. The Morgan fingerprint density at radius 1 is 0.318 bits per heavy atom. The first-order valence-electron chi connectivity index (χ1n) is 23.2. The van der Waals surface area contributed by atoms with Crippen LogP contribution in [0.4, 0.5) is 17.1 Å². The summed E-state index contributed by atoms with van der Waals surface area (Å²) < 4.78 is 2.42. The van der Waals surface area contributed by atoms with Gasteiger partial charge in [0.05, 0.1) is 11.0 Å². The Bertz CT molecular complexity index is 3750. The van der Waals surface area contributed by atoms with E-state index in [-0.39, 0.29) is 10.8 Å². The smallest absolute Gasteiger partial charge is 0.0541 e. The molecule has 11 aromatic rings. The highest BCUT2D eigenvalue weighted by atomic mass is 15.1. The van der Waals surface area contributed by atoms with E-state index in [1.165, 1.54) is 105 Å². The van der Waals surface area contributed by atoms with Crippen LogP contribution in [0.5, 0.6) is 0 Å². The Hall–Kier alpha value is -7.94. The summed E-state index contributed by atoms with van der Waals surface area (Å²) in [6.45, 7) is 9.54. The van der Waals surface area contributed by atoms with Crippen molar-refractivity contribution in [1.82, 2.24) is 4.57 Å². The van der Waals surface area contributed by atoms with Crippen LogP contribution in [-0.2, 0) is 10.8 Å². The molecule has 2 aliphatic carbocycles. The molecule has 0 unspecified atom stereocenters. The highest BCUT2D eigenvalue weighted by Gasteiger charge is 2.38. The number of benzene rings is 10. The summed E-state index contributed by atoms with van der Waals surface area (Å²) in [6.07, 6.45) is 0. The lowest BCUT2D eigenvalue weighted by atomic mass is 9.81. The first-order chi connectivity index (χ1) is 32.2. The van der Waals surface area contributed by atoms with Crippen molar-refractivity contribution in [3.63, 3.8) is 0 Å². The van der Waals surface area contributed by atoms with Crippen molar-refractivity contribution in [2.24, 2.45) is 0 Å². The van der Waals surface area contributed by atoms with Gasteiger partial charge >= 0.3 is 0 Å². The van der Waals surface area contributed by atoms with Gasteiger partial charge in [-0.1, -0.05) is 173 Å². The summed E-state index contributed by atoms with van der Waals surface area (Å²) in [4.78, 5) is 2.46. The third kappa shape index (κ3) is 5.74. The minimum atomic E-state index is -0.225. The molecule has 0 saturated heterocycles. The monoisotopic (exact) mass is 844 g/mol. The number of para-hydroxylation sites is 1. The number of hydrogen-bond acceptors (Lipinski definition) is 1. The van der Waals surface area contributed by atoms with Gasteiger partial charge in [0.25, 0.3) is 0 Å². The average Bonchev–Trinajstić information content (AvgIpc) is 3.90. The van der Waals surface area contributed by atoms with Gasteiger partial charge in [-0.3, -0.25) is 0 Å². The fourth-order valence-corrected chi connectivity index (χ4v) is 11.5. The third-order valence-electron chi connectivity index (χ3n) is 15.0. The zero-order chi connectivity index (χ0) is 44.3. The zero-order valence-corrected chi connectivity index (χ0v) is 37.7. The van der Waals surface area contributed by atoms with Gasteiger partial charge in [0, 0.05) is 44.4 Å². The molecule has 1 heterocycles. The molecule has 0 bridgehead atoms. The van der Waals surface area contributed by atoms with Crippen LogP contribution in [-0.4, -0.2) is 4.57 Å². The van der Waals surface area contributed by atoms with Crippen LogP contribution in [0.1, 0.15) is 49.9 Å². The number of aromatic nitrogens is 1. The second-order valence-electron chi connectivity index (χ2n) is 19.4. The van der Waals surface area contributed by atoms with Gasteiger partial charge in [0.2, 0.25) is 0 Å². The standard InChI is InChI=1S/C64H48N2/c1-63(2)57-20-12-10-18-51(57)53-33-30-49(39-59(53)63)65(47-27-22-43(23-28-47)41-14-6-5-7-15-41)50-31-34-54-52-32-25-46(38-58(52)64(3,4)60(54)40-50)45-26-35-62-56(37-45)55-19-11-13-21-61(55)66(62)48-29-24-42-16-8-9-17-44(42)36-48/h5-40H,1-4H3. The van der Waals surface area contributed by atoms with Crippen LogP contribution >= 0.6 is 0 Å². The fourth-order valence-electron chi connectivity index (χ4n) is 11.5. The van der Waals surface area contributed by atoms with Crippen LogP contribution in [0.25, 0.3) is 82.8 Å². The second kappa shape index (κ2) is 14.3. The van der Waals surface area contributed by atoms with E-state index in [1.54, 1.807) is 0 Å². The number of nitrogens with zero attached hydrogens (tertiary/aromatic N) is 2. The summed E-state index contributed by atoms with van der Waals surface area (Å²) in [6, 6.07) is 81.3. The highest BCUT2D eigenvalue weighted by molar-refractivity contribution is 6.11. The zero-order valence-electron chi connectivity index (χ0n) is 37.7. The molecule has 2 aliphatic rings. The summed E-state index contributed by atoms with van der Waals surface area (Å²) in [5.74, 6) is 0. The molecule has 0 radical (unpaired) electrons. The van der Waals surface area contributed by atoms with Crippen LogP contribution in [0.15, 0.2) is 218 Å². The van der Waals surface area contributed by atoms with Crippen LogP contribution in [0.3, 0.4) is 0 Å². The molecular formula is C64H48N2. The molecular weight excluding hydrogens is 797 g/mol. The maximum absolute atomic E-state index is 2.46. The normalized spacial score (nSPS) is 14.0. The SMILES string of the molecule is CC1(C)c2ccccc2-c2ccc(N(c3ccc(-c4ccccc4)cc3)c3ccc4c(c3)C(C)(C)c3cc(-c5ccc6c(c5)c5ccccc5n6-c5ccc6ccccc6c5)ccc3-4)cc21. The summed E-state index contributed by atoms with van der Waals surface area (Å²) in [5, 5.41) is 5.03. The largest absolute Gasteiger partial charge is 0.310 e. The van der Waals surface area contributed by atoms with Crippen molar-refractivity contribution >= 4 is 49.6 Å². The van der Waals surface area contributed by atoms with Gasteiger partial charge in [-0.15, -0.1) is 0 Å². The van der Waals surface area contributed by atoms with Crippen LogP contribution in [0.2, 0.25) is 0 Å². The minimum absolute atomic E-state index is 0.108. The number of rotatable bonds is 6. The number of fused-ring (bicyclic) bond motifs is 10. The first-order valence-corrected chi connectivity index (χ1v) is 23.2. The van der Waals surface area contributed by atoms with Gasteiger partial charge in [-0.2, -0.15) is 0 Å². The predicted molar refractivity (Wildman–Crippen MR) is 279 cm³/mol. The molecule has 13 rings (SSSR count). The lowest BCUT2D eigenvalue weighted by molar-refractivity contribution is 0.660. The topological polar surface area (TPSA) is 8.17 Å². The van der Waals surface area contributed by atoms with Crippen molar-refractivity contribution in [2.75, 3.05) is 4.90 Å². The molecule has 0 aliphatic heterocycles. The van der Waals surface area contributed by atoms with E-state index in [2.05, 4.69) is 256 Å². The van der Waals surface area contributed by atoms with Gasteiger partial charge in [0.15, 0.2) is 0 Å². The Morgan fingerprint density at radius 2 is 0.833 bits per heavy atom. The van der Waals surface area contributed by atoms with Gasteiger partial charge in [-0.05, 0) is 150 Å². The maximum atomic E-state index is 2.46. The molecule has 2 nitrogen and oxygen atoms in total. The van der Waals surface area contributed by atoms with Crippen molar-refractivity contribution in [3.8, 4) is 50.2 Å². The number of anilines is 3. The minimum Gasteiger partial charge on any atom is -0.310 e. The first kappa shape index (κ1) is 38.5. The molecule has 0 spiro atoms. The lowest BCUT2D eigenvalue weighted by Gasteiger charge is -2.30. The maximum Gasteiger partial charge on any atom is 0.0541 e. The van der Waals surface area contributed by atoms with E-state index < -0.39 is 0 Å². The predicted octanol–water partition coefficient (Wildman–Crippen LogP) is 17.4. The number of hydrogen-bond donors (Lipinski definition) is 0. The van der Waals surface area contributed by atoms with Crippen molar-refractivity contribution < 1.29 is 0 Å². The molecule has 0 N–H and O–H groups in total. The van der Waals surface area contributed by atoms with Crippen LogP contribution < -0.4 is 4.90 Å². The van der Waals surface area contributed by atoms with E-state index >= 15 is 0 Å². The molecule has 0 amide bonds. The van der Waals surface area contributed by atoms with Crippen molar-refractivity contribution in [1.29, 1.82) is 0 Å². The average molecular weight is 845 g/mol. The van der Waals surface area contributed by atoms with Crippen molar-refractivity contribution in [2.45, 2.75) is 38.5 Å². The van der Waals surface area contributed by atoms with E-state index in [0.29, 0.717) is 0 Å². The van der Waals surface area contributed by atoms with Gasteiger partial charge in [0.1, 0.15) is 0 Å². The third-order valence-corrected chi connectivity index (χ3v) is 15.0. The molecule has 2 heteroatoms. The van der Waals surface area contributed by atoms with Gasteiger partial charge in [-0.25, -0.2) is 0 Å². The van der Waals surface area contributed by atoms with Crippen LogP contribution in [0, 0.1) is 0 Å². The Kier molecular flexibility index (Phi) is 8.33. The summed E-state index contributed by atoms with van der Waals surface area (Å²) in [7, 11) is 0. The molecule has 0 atom stereocenters. The van der Waals surface area contributed by atoms with E-state index in [4.69, 9.17) is 0 Å². The summed E-state index contributed by atoms with van der Waals surface area (Å²) >= 11 is 0. The molecule has 0 fully saturated rings. The molecule has 10 aromatic carbocycles. The summed E-state index contributed by atoms with van der Waals surface area (Å²) in [5.41, 5.74) is 22.4. The molecule has 314 valence electrons.